The fourth-order valence-electron chi connectivity index (χ4n) is 4.40. The lowest BCUT2D eigenvalue weighted by molar-refractivity contribution is -0.138. The summed E-state index contributed by atoms with van der Waals surface area (Å²) in [6.45, 7) is -0.280. The molecule has 4 aromatic rings. The molecular weight excluding hydrogens is 659 g/mol. The van der Waals surface area contributed by atoms with Gasteiger partial charge in [-0.15, -0.1) is 0 Å². The van der Waals surface area contributed by atoms with Crippen LogP contribution in [0.5, 0.6) is 5.75 Å². The van der Waals surface area contributed by atoms with Crippen LogP contribution in [-0.2, 0) is 19.3 Å². The standard InChI is InChI=1S/C30H26ClF5N4O5S/c31-21-12-18(13-23(33)25(21)43)26(44)39-29-24(27(45)37-14-17-3-1-2-4-20(17)30(34,35)36)38-28(46-29)19-11-16(5-6-22(19)32)15-40(7-9-41)8-10-42/h1-6,11-13,41-43H,7-10,14-15H2,(H,37,45)(H,39,44). The molecule has 16 heteroatoms. The van der Waals surface area contributed by atoms with E-state index in [0.717, 1.165) is 18.2 Å². The molecule has 0 spiro atoms. The minimum Gasteiger partial charge on any atom is -0.504 e. The number of rotatable bonds is 12. The topological polar surface area (TPSA) is 135 Å². The maximum Gasteiger partial charge on any atom is 0.416 e. The number of phenols is 1. The molecule has 0 aliphatic rings. The first-order valence-electron chi connectivity index (χ1n) is 13.5. The van der Waals surface area contributed by atoms with Gasteiger partial charge in [0.15, 0.2) is 17.3 Å². The van der Waals surface area contributed by atoms with Crippen molar-refractivity contribution in [1.29, 1.82) is 0 Å². The number of nitrogens with zero attached hydrogens (tertiary/aromatic N) is 2. The molecule has 3 aromatic carbocycles. The maximum atomic E-state index is 15.1. The average Bonchev–Trinajstić information content (AvgIpc) is 3.42. The summed E-state index contributed by atoms with van der Waals surface area (Å²) in [5.41, 5.74) is -1.54. The molecule has 0 saturated carbocycles. The number of aliphatic hydroxyl groups is 2. The second-order valence-electron chi connectivity index (χ2n) is 9.81. The molecule has 5 N–H and O–H groups in total. The van der Waals surface area contributed by atoms with Gasteiger partial charge in [-0.2, -0.15) is 13.2 Å². The van der Waals surface area contributed by atoms with E-state index in [1.165, 1.54) is 30.3 Å². The third-order valence-electron chi connectivity index (χ3n) is 6.61. The minimum atomic E-state index is -4.69. The monoisotopic (exact) mass is 684 g/mol. The van der Waals surface area contributed by atoms with E-state index in [1.54, 1.807) is 4.90 Å². The van der Waals surface area contributed by atoms with Crippen molar-refractivity contribution < 1.29 is 46.9 Å². The van der Waals surface area contributed by atoms with E-state index in [9.17, 15) is 42.5 Å². The molecule has 1 aromatic heterocycles. The molecular formula is C30H26ClF5N4O5S. The first-order chi connectivity index (χ1) is 21.8. The molecule has 1 heterocycles. The van der Waals surface area contributed by atoms with Crippen LogP contribution < -0.4 is 10.6 Å². The highest BCUT2D eigenvalue weighted by atomic mass is 35.5. The van der Waals surface area contributed by atoms with Gasteiger partial charge in [-0.1, -0.05) is 47.2 Å². The molecule has 46 heavy (non-hydrogen) atoms. The SMILES string of the molecule is O=C(Nc1sc(-c2cc(CN(CCO)CCO)ccc2F)nc1C(=O)NCc1ccccc1C(F)(F)F)c1cc(F)c(O)c(Cl)c1. The fraction of sp³-hybridized carbons (Fsp3) is 0.233. The van der Waals surface area contributed by atoms with Gasteiger partial charge in [0.2, 0.25) is 0 Å². The van der Waals surface area contributed by atoms with Crippen LogP contribution in [0.15, 0.2) is 54.6 Å². The number of phenolic OH excluding ortho intramolecular Hbond substituents is 1. The Bertz CT molecular complexity index is 1710. The van der Waals surface area contributed by atoms with Crippen molar-refractivity contribution in [3.8, 4) is 16.3 Å². The number of benzene rings is 3. The van der Waals surface area contributed by atoms with Crippen LogP contribution in [0.1, 0.15) is 37.5 Å². The maximum absolute atomic E-state index is 15.1. The number of anilines is 1. The number of hydrogen-bond acceptors (Lipinski definition) is 8. The zero-order valence-corrected chi connectivity index (χ0v) is 25.2. The van der Waals surface area contributed by atoms with Gasteiger partial charge in [0.1, 0.15) is 15.8 Å². The Morgan fingerprint density at radius 3 is 2.30 bits per heavy atom. The van der Waals surface area contributed by atoms with Gasteiger partial charge < -0.3 is 26.0 Å². The lowest BCUT2D eigenvalue weighted by Crippen LogP contribution is -2.29. The number of alkyl halides is 3. The molecule has 0 unspecified atom stereocenters. The van der Waals surface area contributed by atoms with Gasteiger partial charge in [0, 0.05) is 37.3 Å². The lowest BCUT2D eigenvalue weighted by Gasteiger charge is -2.20. The fourth-order valence-corrected chi connectivity index (χ4v) is 5.58. The molecule has 244 valence electrons. The summed E-state index contributed by atoms with van der Waals surface area (Å²) in [5, 5.41) is 32.2. The second-order valence-corrected chi connectivity index (χ2v) is 11.2. The summed E-state index contributed by atoms with van der Waals surface area (Å²) in [5.74, 6) is -4.81. The Kier molecular flexibility index (Phi) is 11.3. The molecule has 0 bridgehead atoms. The summed E-state index contributed by atoms with van der Waals surface area (Å²) in [6, 6.07) is 10.3. The van der Waals surface area contributed by atoms with E-state index in [0.29, 0.717) is 23.0 Å². The van der Waals surface area contributed by atoms with Crippen LogP contribution in [0.4, 0.5) is 27.0 Å². The zero-order valence-electron chi connectivity index (χ0n) is 23.7. The van der Waals surface area contributed by atoms with Crippen LogP contribution >= 0.6 is 22.9 Å². The van der Waals surface area contributed by atoms with Gasteiger partial charge in [0.25, 0.3) is 11.8 Å². The van der Waals surface area contributed by atoms with Crippen LogP contribution in [-0.4, -0.2) is 63.3 Å². The van der Waals surface area contributed by atoms with Crippen LogP contribution in [0.3, 0.4) is 0 Å². The number of aromatic nitrogens is 1. The molecule has 0 aliphatic heterocycles. The normalized spacial score (nSPS) is 11.6. The average molecular weight is 685 g/mol. The predicted molar refractivity (Wildman–Crippen MR) is 161 cm³/mol. The Hall–Kier alpha value is -4.15. The molecule has 0 aliphatic carbocycles. The van der Waals surface area contributed by atoms with E-state index >= 15 is 4.39 Å². The van der Waals surface area contributed by atoms with E-state index in [2.05, 4.69) is 15.6 Å². The Balaban J connectivity index is 1.71. The van der Waals surface area contributed by atoms with Crippen LogP contribution in [0.2, 0.25) is 5.02 Å². The largest absolute Gasteiger partial charge is 0.504 e. The van der Waals surface area contributed by atoms with Crippen molar-refractivity contribution in [2.75, 3.05) is 31.6 Å². The lowest BCUT2D eigenvalue weighted by atomic mass is 10.1. The van der Waals surface area contributed by atoms with Gasteiger partial charge in [-0.25, -0.2) is 13.8 Å². The van der Waals surface area contributed by atoms with Gasteiger partial charge in [0.05, 0.1) is 23.8 Å². The summed E-state index contributed by atoms with van der Waals surface area (Å²) >= 11 is 6.46. The Labute approximate surface area is 267 Å². The summed E-state index contributed by atoms with van der Waals surface area (Å²) in [6.07, 6.45) is -4.69. The van der Waals surface area contributed by atoms with Crippen molar-refractivity contribution in [2.24, 2.45) is 0 Å². The molecule has 2 amide bonds. The van der Waals surface area contributed by atoms with E-state index in [1.807, 2.05) is 0 Å². The number of thiazole rings is 1. The minimum absolute atomic E-state index is 0.0777. The molecule has 9 nitrogen and oxygen atoms in total. The first kappa shape index (κ1) is 34.7. The van der Waals surface area contributed by atoms with Crippen LogP contribution in [0, 0.1) is 11.6 Å². The number of aromatic hydroxyl groups is 1. The quantitative estimate of drug-likeness (QED) is 0.126. The number of aliphatic hydroxyl groups excluding tert-OH is 2. The predicted octanol–water partition coefficient (Wildman–Crippen LogP) is 5.44. The van der Waals surface area contributed by atoms with Crippen molar-refractivity contribution in [2.45, 2.75) is 19.3 Å². The van der Waals surface area contributed by atoms with E-state index in [-0.39, 0.29) is 59.5 Å². The Morgan fingerprint density at radius 1 is 0.957 bits per heavy atom. The van der Waals surface area contributed by atoms with Gasteiger partial charge >= 0.3 is 6.18 Å². The highest BCUT2D eigenvalue weighted by Gasteiger charge is 2.33. The molecule has 0 atom stereocenters. The number of nitrogens with one attached hydrogen (secondary N) is 2. The third-order valence-corrected chi connectivity index (χ3v) is 7.90. The molecule has 4 rings (SSSR count). The number of carbonyl (C=O) groups is 2. The van der Waals surface area contributed by atoms with E-state index in [4.69, 9.17) is 11.6 Å². The summed E-state index contributed by atoms with van der Waals surface area (Å²) in [4.78, 5) is 32.3. The molecule has 0 saturated heterocycles. The number of hydrogen-bond donors (Lipinski definition) is 5. The highest BCUT2D eigenvalue weighted by Crippen LogP contribution is 2.36. The first-order valence-corrected chi connectivity index (χ1v) is 14.7. The number of halogens is 6. The van der Waals surface area contributed by atoms with Crippen molar-refractivity contribution >= 4 is 39.8 Å². The third kappa shape index (κ3) is 8.35. The molecule has 0 fully saturated rings. The number of amides is 2. The van der Waals surface area contributed by atoms with Gasteiger partial charge in [-0.3, -0.25) is 14.5 Å². The zero-order chi connectivity index (χ0) is 33.6. The van der Waals surface area contributed by atoms with Crippen molar-refractivity contribution in [1.82, 2.24) is 15.2 Å². The van der Waals surface area contributed by atoms with Crippen molar-refractivity contribution in [3.63, 3.8) is 0 Å². The summed E-state index contributed by atoms with van der Waals surface area (Å²) < 4.78 is 69.6. The smallest absolute Gasteiger partial charge is 0.416 e. The Morgan fingerprint density at radius 2 is 1.65 bits per heavy atom. The van der Waals surface area contributed by atoms with Crippen LogP contribution in [0.25, 0.3) is 10.6 Å². The highest BCUT2D eigenvalue weighted by molar-refractivity contribution is 7.19. The second kappa shape index (κ2) is 15.0. The van der Waals surface area contributed by atoms with Crippen molar-refractivity contribution in [3.05, 3.63) is 99.2 Å². The summed E-state index contributed by atoms with van der Waals surface area (Å²) in [7, 11) is 0. The van der Waals surface area contributed by atoms with Gasteiger partial charge in [-0.05, 0) is 41.5 Å². The number of carbonyl (C=O) groups excluding carboxylic acids is 2. The molecule has 0 radical (unpaired) electrons. The van der Waals surface area contributed by atoms with E-state index < -0.39 is 58.2 Å².